The van der Waals surface area contributed by atoms with Crippen LogP contribution in [0.1, 0.15) is 83.3 Å². The highest BCUT2D eigenvalue weighted by Gasteiger charge is 2.78. The summed E-state index contributed by atoms with van der Waals surface area (Å²) in [5.41, 5.74) is -7.92. The Bertz CT molecular complexity index is 2120. The molecule has 1 heterocycles. The number of fused-ring (bicyclic) bond motifs is 5. The first-order valence-electron chi connectivity index (χ1n) is 19.5. The van der Waals surface area contributed by atoms with Gasteiger partial charge in [-0.1, -0.05) is 67.5 Å². The van der Waals surface area contributed by atoms with Crippen molar-refractivity contribution in [3.63, 3.8) is 0 Å². The van der Waals surface area contributed by atoms with Gasteiger partial charge in [0, 0.05) is 32.1 Å². The van der Waals surface area contributed by atoms with Gasteiger partial charge in [-0.3, -0.25) is 19.2 Å². The summed E-state index contributed by atoms with van der Waals surface area (Å²) in [5, 5.41) is 51.8. The molecule has 2 aromatic rings. The lowest BCUT2D eigenvalue weighted by Crippen LogP contribution is -2.82. The monoisotopic (exact) mass is 834 g/mol. The summed E-state index contributed by atoms with van der Waals surface area (Å²) in [7, 11) is 0. The number of carbonyl (C=O) groups excluding carboxylic acids is 6. The molecule has 1 saturated heterocycles. The summed E-state index contributed by atoms with van der Waals surface area (Å²) < 4.78 is 30.0. The van der Waals surface area contributed by atoms with E-state index in [1.165, 1.54) is 58.9 Å². The maximum atomic E-state index is 15.4. The van der Waals surface area contributed by atoms with E-state index in [9.17, 15) is 44.5 Å². The molecular formula is C43H50N2O15. The number of rotatable bonds is 10. The van der Waals surface area contributed by atoms with Gasteiger partial charge in [0.1, 0.15) is 29.6 Å². The van der Waals surface area contributed by atoms with Gasteiger partial charge in [0.15, 0.2) is 23.6 Å². The molecule has 0 aromatic heterocycles. The lowest BCUT2D eigenvalue weighted by atomic mass is 9.44. The minimum atomic E-state index is -2.42. The minimum absolute atomic E-state index is 0.0346. The molecule has 11 atom stereocenters. The second-order valence-electron chi connectivity index (χ2n) is 16.7. The van der Waals surface area contributed by atoms with E-state index in [-0.39, 0.29) is 41.0 Å². The van der Waals surface area contributed by atoms with E-state index in [1.807, 2.05) is 0 Å². The predicted molar refractivity (Wildman–Crippen MR) is 207 cm³/mol. The van der Waals surface area contributed by atoms with Gasteiger partial charge in [-0.05, 0) is 49.6 Å². The zero-order valence-corrected chi connectivity index (χ0v) is 34.2. The second-order valence-corrected chi connectivity index (χ2v) is 16.7. The first-order valence-corrected chi connectivity index (χ1v) is 19.5. The van der Waals surface area contributed by atoms with Gasteiger partial charge in [-0.2, -0.15) is 0 Å². The molecule has 0 radical (unpaired) electrons. The zero-order chi connectivity index (χ0) is 44.1. The van der Waals surface area contributed by atoms with Crippen LogP contribution in [-0.4, -0.2) is 116 Å². The molecule has 60 heavy (non-hydrogen) atoms. The van der Waals surface area contributed by atoms with Crippen molar-refractivity contribution in [2.45, 2.75) is 115 Å². The highest BCUT2D eigenvalue weighted by Crippen LogP contribution is 2.64. The number of aliphatic hydroxyl groups is 3. The van der Waals surface area contributed by atoms with Crippen LogP contribution in [0.4, 0.5) is 0 Å². The highest BCUT2D eigenvalue weighted by molar-refractivity contribution is 6.37. The van der Waals surface area contributed by atoms with Gasteiger partial charge in [-0.25, -0.2) is 9.59 Å². The lowest BCUT2D eigenvalue weighted by molar-refractivity contribution is -0.346. The molecule has 0 unspecified atom stereocenters. The number of ketones is 1. The van der Waals surface area contributed by atoms with Gasteiger partial charge in [-0.15, -0.1) is 0 Å². The molecule has 3 fully saturated rings. The average Bonchev–Trinajstić information content (AvgIpc) is 3.20. The SMILES string of the molecule is CC(=O)O[C@H]1C(=O)[C@@]2(C)[C@H]([C@H](OC(=O)c3ccccc3)[C@]3(O)C[C@H](OC(=O)[C@H](O)[C@@H](NC(=O)/C(C)=N/O)c4ccccc4)C(C)=C1C3(C)C)[C@]1(OC(C)=O)CO[C@@H]1C[C@@H]2O. The van der Waals surface area contributed by atoms with E-state index < -0.39 is 113 Å². The number of oxime groups is 1. The van der Waals surface area contributed by atoms with Gasteiger partial charge in [0.05, 0.1) is 35.6 Å². The van der Waals surface area contributed by atoms with E-state index in [1.54, 1.807) is 36.4 Å². The number of carbonyl (C=O) groups is 6. The Morgan fingerprint density at radius 3 is 2.08 bits per heavy atom. The Balaban J connectivity index is 1.56. The van der Waals surface area contributed by atoms with Gasteiger partial charge in [0.2, 0.25) is 0 Å². The number of benzene rings is 2. The summed E-state index contributed by atoms with van der Waals surface area (Å²) in [5.74, 6) is -7.34. The zero-order valence-electron chi connectivity index (χ0n) is 34.2. The predicted octanol–water partition coefficient (Wildman–Crippen LogP) is 2.27. The normalized spacial score (nSPS) is 32.9. The molecule has 2 saturated carbocycles. The second kappa shape index (κ2) is 16.2. The number of ether oxygens (including phenoxy) is 5. The van der Waals surface area contributed by atoms with Crippen molar-refractivity contribution >= 4 is 41.3 Å². The van der Waals surface area contributed by atoms with E-state index in [0.29, 0.717) is 0 Å². The van der Waals surface area contributed by atoms with Gasteiger partial charge in [0.25, 0.3) is 5.91 Å². The Hall–Kier alpha value is -5.49. The van der Waals surface area contributed by atoms with Crippen molar-refractivity contribution in [1.29, 1.82) is 0 Å². The number of esters is 4. The molecule has 4 aliphatic rings. The summed E-state index contributed by atoms with van der Waals surface area (Å²) in [6, 6.07) is 14.2. The fraction of sp³-hybridized carbons (Fsp3) is 0.512. The molecule has 17 heteroatoms. The minimum Gasteiger partial charge on any atom is -0.456 e. The van der Waals surface area contributed by atoms with Crippen LogP contribution in [0.3, 0.4) is 0 Å². The first-order chi connectivity index (χ1) is 28.1. The summed E-state index contributed by atoms with van der Waals surface area (Å²) in [6.07, 6.45) is -10.8. The molecule has 1 aliphatic heterocycles. The fourth-order valence-electron chi connectivity index (χ4n) is 9.66. The molecular weight excluding hydrogens is 784 g/mol. The van der Waals surface area contributed by atoms with Crippen LogP contribution in [0, 0.1) is 16.7 Å². The molecule has 2 aromatic carbocycles. The maximum Gasteiger partial charge on any atom is 0.338 e. The number of nitrogens with zero attached hydrogens (tertiary/aromatic N) is 1. The average molecular weight is 835 g/mol. The Morgan fingerprint density at radius 2 is 1.53 bits per heavy atom. The molecule has 322 valence electrons. The quantitative estimate of drug-likeness (QED) is 0.0575. The van der Waals surface area contributed by atoms with Crippen LogP contribution in [0.25, 0.3) is 0 Å². The topological polar surface area (TPSA) is 254 Å². The lowest BCUT2D eigenvalue weighted by Gasteiger charge is -2.67. The number of hydrogen-bond donors (Lipinski definition) is 5. The number of nitrogens with one attached hydrogen (secondary N) is 1. The number of aliphatic hydroxyl groups excluding tert-OH is 2. The summed E-state index contributed by atoms with van der Waals surface area (Å²) in [6.45, 7) is 9.02. The van der Waals surface area contributed by atoms with Crippen molar-refractivity contribution in [2.75, 3.05) is 6.61 Å². The number of amides is 1. The van der Waals surface area contributed by atoms with Crippen LogP contribution >= 0.6 is 0 Å². The Kier molecular flexibility index (Phi) is 11.9. The molecule has 3 aliphatic carbocycles. The molecule has 5 N–H and O–H groups in total. The van der Waals surface area contributed by atoms with E-state index in [4.69, 9.17) is 23.7 Å². The molecule has 2 bridgehead atoms. The van der Waals surface area contributed by atoms with Crippen molar-refractivity contribution < 1.29 is 73.0 Å². The Morgan fingerprint density at radius 1 is 0.917 bits per heavy atom. The molecule has 17 nitrogen and oxygen atoms in total. The van der Waals surface area contributed by atoms with Crippen LogP contribution in [0.2, 0.25) is 0 Å². The van der Waals surface area contributed by atoms with Crippen LogP contribution in [-0.2, 0) is 47.7 Å². The number of hydrogen-bond acceptors (Lipinski definition) is 16. The van der Waals surface area contributed by atoms with Crippen LogP contribution in [0.15, 0.2) is 77.0 Å². The van der Waals surface area contributed by atoms with E-state index in [2.05, 4.69) is 10.5 Å². The van der Waals surface area contributed by atoms with Crippen molar-refractivity contribution in [3.05, 3.63) is 82.9 Å². The summed E-state index contributed by atoms with van der Waals surface area (Å²) in [4.78, 5) is 82.5. The van der Waals surface area contributed by atoms with E-state index in [0.717, 1.165) is 13.8 Å². The van der Waals surface area contributed by atoms with Gasteiger partial charge >= 0.3 is 23.9 Å². The van der Waals surface area contributed by atoms with Crippen LogP contribution < -0.4 is 5.32 Å². The summed E-state index contributed by atoms with van der Waals surface area (Å²) >= 11 is 0. The van der Waals surface area contributed by atoms with Gasteiger partial charge < -0.3 is 49.5 Å². The third-order valence-electron chi connectivity index (χ3n) is 12.9. The van der Waals surface area contributed by atoms with Crippen LogP contribution in [0.5, 0.6) is 0 Å². The molecule has 6 rings (SSSR count). The van der Waals surface area contributed by atoms with Crippen molar-refractivity contribution in [3.8, 4) is 0 Å². The highest BCUT2D eigenvalue weighted by atomic mass is 16.6. The number of Topliss-reactive ketones (excluding diaryl/α,β-unsaturated/α-hetero) is 1. The fourth-order valence-corrected chi connectivity index (χ4v) is 9.66. The Labute approximate surface area is 345 Å². The largest absolute Gasteiger partial charge is 0.456 e. The van der Waals surface area contributed by atoms with E-state index >= 15 is 4.79 Å². The van der Waals surface area contributed by atoms with Crippen molar-refractivity contribution in [1.82, 2.24) is 5.32 Å². The molecule has 0 spiro atoms. The standard InChI is InChI=1S/C43H50N2O15/c1-21-27(58-39(53)32(49)31(25-14-10-8-11-15-25)44-37(51)22(2)45-55)19-43(54)36(59-38(52)26-16-12-9-13-17-26)34-41(7,28(48)18-29-42(34,20-56-29)60-24(4)47)35(50)33(57-23(3)46)30(21)40(43,5)6/h8-17,27-29,31-34,36,48-49,54-55H,18-20H2,1-7H3,(H,44,51)/b45-22+/t27-,28-,29+,31-,32+,33+,34-,36-,41+,42-,43+/m0/s1. The maximum absolute atomic E-state index is 15.4. The third-order valence-corrected chi connectivity index (χ3v) is 12.9. The third kappa shape index (κ3) is 7.16. The smallest absolute Gasteiger partial charge is 0.338 e. The van der Waals surface area contributed by atoms with Crippen molar-refractivity contribution in [2.24, 2.45) is 21.9 Å². The first kappa shape index (κ1) is 44.1. The molecule has 1 amide bonds.